The van der Waals surface area contributed by atoms with Crippen LogP contribution in [0.15, 0.2) is 17.4 Å². The van der Waals surface area contributed by atoms with Crippen molar-refractivity contribution in [3.63, 3.8) is 0 Å². The summed E-state index contributed by atoms with van der Waals surface area (Å²) >= 11 is 0. The Morgan fingerprint density at radius 2 is 1.69 bits per heavy atom. The van der Waals surface area contributed by atoms with Crippen molar-refractivity contribution in [2.45, 2.75) is 81.5 Å². The van der Waals surface area contributed by atoms with E-state index in [0.29, 0.717) is 11.3 Å². The van der Waals surface area contributed by atoms with E-state index >= 15 is 0 Å². The number of allylic oxidation sites excluding steroid dienone is 1. The predicted octanol–water partition coefficient (Wildman–Crippen LogP) is -2.76. The average Bonchev–Trinajstić information content (AvgIpc) is 3.05. The Morgan fingerprint density at radius 3 is 2.22 bits per heavy atom. The number of aliphatic carboxylic acids is 1. The summed E-state index contributed by atoms with van der Waals surface area (Å²) in [6.07, 6.45) is -11.4. The highest BCUT2D eigenvalue weighted by Crippen LogP contribution is 2.55. The van der Waals surface area contributed by atoms with Gasteiger partial charge in [0.2, 0.25) is 18.1 Å². The standard InChI is InChI=1S/C35H47N5O14/c1-34(2,3)37-11-17(41)38-15-10-16(39(4)5)13-8-12-9-14-21(40(6)7)24(44)20(31(36)49)29(48)35(14,52)30(18(12)23(43)19(13)22(15)42)54-33-27(47)25(45)26(46)28(53-33)32(50)51/h10,12,14,20-21,25-28,33,37,42,45-47,52H,8-9,11H2,1-7H3,(H2,36,49)(H,38,41)(H,50,51)/t12-,14-,20?,21-,25-,26-,27+,28-,33-,35+/m0/s1. The van der Waals surface area contributed by atoms with Gasteiger partial charge >= 0.3 is 5.97 Å². The van der Waals surface area contributed by atoms with E-state index in [0.717, 1.165) is 0 Å². The van der Waals surface area contributed by atoms with Crippen molar-refractivity contribution in [1.29, 1.82) is 0 Å². The van der Waals surface area contributed by atoms with Gasteiger partial charge in [-0.15, -0.1) is 0 Å². The minimum absolute atomic E-state index is 0.0777. The number of ether oxygens (including phenoxy) is 2. The monoisotopic (exact) mass is 761 g/mol. The zero-order valence-electron chi connectivity index (χ0n) is 30.8. The third-order valence-electron chi connectivity index (χ3n) is 10.4. The number of carboxylic acid groups (broad SMARTS) is 1. The van der Waals surface area contributed by atoms with Crippen molar-refractivity contribution in [1.82, 2.24) is 10.2 Å². The van der Waals surface area contributed by atoms with Crippen molar-refractivity contribution < 1.29 is 68.9 Å². The normalized spacial score (nSPS) is 32.4. The van der Waals surface area contributed by atoms with Crippen LogP contribution in [0.4, 0.5) is 11.4 Å². The first-order valence-corrected chi connectivity index (χ1v) is 17.2. The van der Waals surface area contributed by atoms with Gasteiger partial charge in [-0.3, -0.25) is 28.9 Å². The molecule has 1 aromatic carbocycles. The number of ketones is 3. The first-order valence-electron chi connectivity index (χ1n) is 17.2. The largest absolute Gasteiger partial charge is 0.505 e. The van der Waals surface area contributed by atoms with Crippen molar-refractivity contribution >= 4 is 46.5 Å². The van der Waals surface area contributed by atoms with Crippen LogP contribution in [0.25, 0.3) is 0 Å². The predicted molar refractivity (Wildman–Crippen MR) is 186 cm³/mol. The zero-order valence-corrected chi connectivity index (χ0v) is 30.8. The molecule has 0 bridgehead atoms. The highest BCUT2D eigenvalue weighted by Gasteiger charge is 2.67. The highest BCUT2D eigenvalue weighted by molar-refractivity contribution is 6.25. The number of aliphatic hydroxyl groups is 4. The summed E-state index contributed by atoms with van der Waals surface area (Å²) in [4.78, 5) is 83.4. The molecule has 19 heteroatoms. The number of Topliss-reactive ketones (excluding diaryl/α,β-unsaturated/α-hetero) is 3. The van der Waals surface area contributed by atoms with E-state index in [1.807, 2.05) is 20.8 Å². The average molecular weight is 762 g/mol. The van der Waals surface area contributed by atoms with Gasteiger partial charge in [0.15, 0.2) is 40.7 Å². The second-order valence-corrected chi connectivity index (χ2v) is 15.6. The Balaban J connectivity index is 1.76. The number of fused-ring (bicyclic) bond motifs is 3. The number of phenolic OH excluding ortho intramolecular Hbond substituents is 1. The number of rotatable bonds is 9. The fraction of sp³-hybridized carbons (Fsp3) is 0.600. The van der Waals surface area contributed by atoms with Gasteiger partial charge in [0.05, 0.1) is 23.8 Å². The molecule has 1 saturated heterocycles. The third kappa shape index (κ3) is 6.73. The number of aromatic hydroxyl groups is 1. The molecule has 0 radical (unpaired) electrons. The summed E-state index contributed by atoms with van der Waals surface area (Å²) in [5, 5.41) is 71.3. The number of carboxylic acids is 1. The molecule has 10 atom stereocenters. The molecule has 10 N–H and O–H groups in total. The Labute approximate surface area is 309 Å². The number of amides is 2. The molecule has 1 heterocycles. The van der Waals surface area contributed by atoms with E-state index in [1.54, 1.807) is 19.0 Å². The number of hydrogen-bond acceptors (Lipinski definition) is 16. The number of nitrogens with zero attached hydrogens (tertiary/aromatic N) is 2. The smallest absolute Gasteiger partial charge is 0.335 e. The Kier molecular flexibility index (Phi) is 10.8. The lowest BCUT2D eigenvalue weighted by Crippen LogP contribution is -2.70. The van der Waals surface area contributed by atoms with E-state index in [1.165, 1.54) is 25.1 Å². The van der Waals surface area contributed by atoms with Gasteiger partial charge in [-0.05, 0) is 65.3 Å². The number of carbonyl (C=O) groups is 6. The van der Waals surface area contributed by atoms with Gasteiger partial charge in [-0.2, -0.15) is 0 Å². The van der Waals surface area contributed by atoms with E-state index in [9.17, 15) is 59.4 Å². The number of aliphatic hydroxyl groups excluding tert-OH is 3. The summed E-state index contributed by atoms with van der Waals surface area (Å²) in [7, 11) is 6.23. The molecular formula is C35H47N5O14. The van der Waals surface area contributed by atoms with Crippen LogP contribution in [-0.2, 0) is 39.9 Å². The maximum Gasteiger partial charge on any atom is 0.335 e. The molecule has 1 aromatic rings. The molecule has 2 fully saturated rings. The molecule has 296 valence electrons. The Hall–Kier alpha value is -4.50. The lowest BCUT2D eigenvalue weighted by atomic mass is 9.56. The summed E-state index contributed by atoms with van der Waals surface area (Å²) < 4.78 is 11.3. The van der Waals surface area contributed by atoms with Crippen LogP contribution in [0, 0.1) is 17.8 Å². The molecule has 2 amide bonds. The Bertz CT molecular complexity index is 1820. The Morgan fingerprint density at radius 1 is 1.06 bits per heavy atom. The van der Waals surface area contributed by atoms with Crippen LogP contribution >= 0.6 is 0 Å². The lowest BCUT2D eigenvalue weighted by Gasteiger charge is -2.53. The van der Waals surface area contributed by atoms with Crippen molar-refractivity contribution in [2.24, 2.45) is 23.5 Å². The molecule has 0 aromatic heterocycles. The van der Waals surface area contributed by atoms with Crippen molar-refractivity contribution in [3.8, 4) is 5.75 Å². The van der Waals surface area contributed by atoms with E-state index in [2.05, 4.69) is 10.6 Å². The summed E-state index contributed by atoms with van der Waals surface area (Å²) in [5.41, 5.74) is 1.78. The van der Waals surface area contributed by atoms with Crippen molar-refractivity contribution in [2.75, 3.05) is 45.0 Å². The van der Waals surface area contributed by atoms with Crippen LogP contribution in [0.1, 0.15) is 43.1 Å². The van der Waals surface area contributed by atoms with Crippen LogP contribution < -0.4 is 21.3 Å². The number of nitrogens with one attached hydrogen (secondary N) is 2. The first-order chi connectivity index (χ1) is 24.9. The van der Waals surface area contributed by atoms with Gasteiger partial charge in [0.1, 0.15) is 24.1 Å². The first kappa shape index (κ1) is 40.7. The molecule has 19 nitrogen and oxygen atoms in total. The number of anilines is 2. The molecule has 1 aliphatic heterocycles. The zero-order chi connectivity index (χ0) is 40.5. The SMILES string of the molecule is CN(C)c1cc(NC(=O)CNC(C)(C)C)c(O)c2c1C[C@H]1C[C@H]3[C@H](N(C)C)C(=O)C(C(N)=O)C(=O)[C@@]3(O)C(O[C@@H]3O[C@H](C(=O)O)[C@@H](O)[C@H](O)[C@H]3O)=C1C2=O. The maximum absolute atomic E-state index is 14.9. The number of likely N-dealkylation sites (N-methyl/N-ethyl adjacent to an activating group) is 1. The van der Waals surface area contributed by atoms with Crippen LogP contribution in [0.5, 0.6) is 5.75 Å². The van der Waals surface area contributed by atoms with Crippen LogP contribution in [0.2, 0.25) is 0 Å². The van der Waals surface area contributed by atoms with E-state index < -0.39 is 118 Å². The number of phenols is 1. The fourth-order valence-electron chi connectivity index (χ4n) is 7.87. The number of hydrogen-bond donors (Lipinski definition) is 9. The second kappa shape index (κ2) is 14.3. The summed E-state index contributed by atoms with van der Waals surface area (Å²) in [6, 6.07) is 0.0969. The van der Waals surface area contributed by atoms with E-state index in [-0.39, 0.29) is 30.6 Å². The highest BCUT2D eigenvalue weighted by atomic mass is 16.7. The molecule has 1 unspecified atom stereocenters. The van der Waals surface area contributed by atoms with Crippen LogP contribution in [0.3, 0.4) is 0 Å². The van der Waals surface area contributed by atoms with Gasteiger partial charge in [0.25, 0.3) is 0 Å². The fourth-order valence-corrected chi connectivity index (χ4v) is 7.87. The van der Waals surface area contributed by atoms with Crippen molar-refractivity contribution in [3.05, 3.63) is 28.5 Å². The minimum Gasteiger partial charge on any atom is -0.505 e. The molecule has 0 spiro atoms. The van der Waals surface area contributed by atoms with Gasteiger partial charge in [-0.25, -0.2) is 4.79 Å². The number of nitrogens with two attached hydrogens (primary N) is 1. The third-order valence-corrected chi connectivity index (χ3v) is 10.4. The molecule has 1 saturated carbocycles. The molecule has 4 aliphatic rings. The quantitative estimate of drug-likeness (QED) is 0.0909. The summed E-state index contributed by atoms with van der Waals surface area (Å²) in [5.74, 6) is -13.4. The maximum atomic E-state index is 14.9. The second-order valence-electron chi connectivity index (χ2n) is 15.6. The van der Waals surface area contributed by atoms with Gasteiger partial charge < -0.3 is 61.4 Å². The molecule has 3 aliphatic carbocycles. The topological polar surface area (TPSA) is 299 Å². The number of carbonyl (C=O) groups excluding carboxylic acids is 5. The van der Waals surface area contributed by atoms with Crippen LogP contribution in [-0.4, -0.2) is 153 Å². The number of benzene rings is 1. The van der Waals surface area contributed by atoms with E-state index in [4.69, 9.17) is 15.2 Å². The molecule has 54 heavy (non-hydrogen) atoms. The van der Waals surface area contributed by atoms with Gasteiger partial charge in [0, 0.05) is 36.8 Å². The lowest BCUT2D eigenvalue weighted by molar-refractivity contribution is -0.291. The molecular weight excluding hydrogens is 714 g/mol. The number of primary amides is 1. The summed E-state index contributed by atoms with van der Waals surface area (Å²) in [6.45, 7) is 5.36. The molecule has 5 rings (SSSR count). The van der Waals surface area contributed by atoms with Gasteiger partial charge in [-0.1, -0.05) is 0 Å². The minimum atomic E-state index is -3.03.